The lowest BCUT2D eigenvalue weighted by molar-refractivity contribution is -0.157. The van der Waals surface area contributed by atoms with E-state index in [1.54, 1.807) is 6.08 Å². The Balaban J connectivity index is 1.27. The Kier molecular flexibility index (Phi) is 4.90. The molecular weight excluding hydrogens is 432 g/mol. The third-order valence-electron chi connectivity index (χ3n) is 11.6. The van der Waals surface area contributed by atoms with Crippen LogP contribution < -0.4 is 0 Å². The molecule has 186 valence electrons. The normalized spacial score (nSPS) is 52.4. The number of fused-ring (bicyclic) bond motifs is 4. The summed E-state index contributed by atoms with van der Waals surface area (Å²) in [5, 5.41) is 20.7. The lowest BCUT2D eigenvalue weighted by atomic mass is 9.44. The molecule has 0 amide bonds. The number of ketones is 1. The molecule has 3 saturated carbocycles. The number of esters is 1. The number of hydrogen-bond donors (Lipinski definition) is 2. The van der Waals surface area contributed by atoms with Gasteiger partial charge in [-0.25, -0.2) is 4.79 Å². The average molecular weight is 471 g/mol. The summed E-state index contributed by atoms with van der Waals surface area (Å²) in [6.45, 7) is 8.46. The fraction of sp³-hybridized carbons (Fsp3) is 0.786. The molecule has 1 spiro atoms. The summed E-state index contributed by atoms with van der Waals surface area (Å²) in [7, 11) is 0. The third kappa shape index (κ3) is 2.63. The predicted octanol–water partition coefficient (Wildman–Crippen LogP) is 3.35. The van der Waals surface area contributed by atoms with E-state index in [1.807, 2.05) is 6.92 Å². The van der Waals surface area contributed by atoms with Gasteiger partial charge < -0.3 is 19.7 Å². The van der Waals surface area contributed by atoms with Crippen LogP contribution in [0.4, 0.5) is 0 Å². The molecule has 2 heterocycles. The average Bonchev–Trinajstić information content (AvgIpc) is 3.43. The summed E-state index contributed by atoms with van der Waals surface area (Å²) in [6.07, 6.45) is 8.27. The van der Waals surface area contributed by atoms with Crippen molar-refractivity contribution in [1.29, 1.82) is 0 Å². The van der Waals surface area contributed by atoms with E-state index in [-0.39, 0.29) is 47.8 Å². The van der Waals surface area contributed by atoms with E-state index in [0.29, 0.717) is 29.7 Å². The van der Waals surface area contributed by atoms with Gasteiger partial charge in [0.1, 0.15) is 6.10 Å². The lowest BCUT2D eigenvalue weighted by Crippen LogP contribution is -2.63. The van der Waals surface area contributed by atoms with Crippen molar-refractivity contribution >= 4 is 11.8 Å². The van der Waals surface area contributed by atoms with Crippen LogP contribution in [0.25, 0.3) is 0 Å². The molecule has 6 heteroatoms. The van der Waals surface area contributed by atoms with Crippen molar-refractivity contribution in [2.24, 2.45) is 40.4 Å². The number of rotatable bonds is 3. The minimum atomic E-state index is -0.814. The first-order chi connectivity index (χ1) is 16.1. The fourth-order valence-corrected chi connectivity index (χ4v) is 9.69. The second kappa shape index (κ2) is 7.27. The van der Waals surface area contributed by atoms with Gasteiger partial charge >= 0.3 is 5.97 Å². The van der Waals surface area contributed by atoms with E-state index in [4.69, 9.17) is 9.47 Å². The SMILES string of the molecule is CC1=C(CO)C(=O)OC([C@@H](C)C2CCC3C4CC5OC56C(=O)C=CC(O)[C@]6(C)C4CC[C@@]32C)C1. The zero-order chi connectivity index (χ0) is 24.2. The quantitative estimate of drug-likeness (QED) is 0.485. The van der Waals surface area contributed by atoms with Crippen molar-refractivity contribution in [2.75, 3.05) is 6.61 Å². The molecule has 0 aromatic heterocycles. The van der Waals surface area contributed by atoms with E-state index in [2.05, 4.69) is 20.8 Å². The van der Waals surface area contributed by atoms with Crippen LogP contribution in [0.3, 0.4) is 0 Å². The molecule has 6 rings (SSSR count). The van der Waals surface area contributed by atoms with E-state index in [1.165, 1.54) is 6.08 Å². The van der Waals surface area contributed by atoms with Crippen LogP contribution >= 0.6 is 0 Å². The van der Waals surface area contributed by atoms with E-state index < -0.39 is 17.1 Å². The van der Waals surface area contributed by atoms with Gasteiger partial charge in [-0.1, -0.05) is 32.4 Å². The highest BCUT2D eigenvalue weighted by atomic mass is 16.6. The summed E-state index contributed by atoms with van der Waals surface area (Å²) in [5.41, 5.74) is 0.139. The molecule has 6 nitrogen and oxygen atoms in total. The minimum Gasteiger partial charge on any atom is -0.458 e. The van der Waals surface area contributed by atoms with Crippen molar-refractivity contribution in [1.82, 2.24) is 0 Å². The molecule has 4 aliphatic carbocycles. The largest absolute Gasteiger partial charge is 0.458 e. The van der Waals surface area contributed by atoms with Crippen LogP contribution in [0, 0.1) is 40.4 Å². The van der Waals surface area contributed by atoms with Gasteiger partial charge in [-0.15, -0.1) is 0 Å². The number of ether oxygens (including phenoxy) is 2. The summed E-state index contributed by atoms with van der Waals surface area (Å²) < 4.78 is 12.0. The topological polar surface area (TPSA) is 96.4 Å². The molecule has 0 aromatic rings. The Labute approximate surface area is 201 Å². The molecule has 34 heavy (non-hydrogen) atoms. The Morgan fingerprint density at radius 2 is 1.94 bits per heavy atom. The zero-order valence-corrected chi connectivity index (χ0v) is 20.8. The number of aliphatic hydroxyl groups excluding tert-OH is 2. The lowest BCUT2D eigenvalue weighted by Gasteiger charge is -2.59. The summed E-state index contributed by atoms with van der Waals surface area (Å²) >= 11 is 0. The summed E-state index contributed by atoms with van der Waals surface area (Å²) in [4.78, 5) is 25.4. The third-order valence-corrected chi connectivity index (χ3v) is 11.6. The molecule has 0 bridgehead atoms. The highest BCUT2D eigenvalue weighted by Crippen LogP contribution is 2.73. The van der Waals surface area contributed by atoms with Gasteiger partial charge in [-0.05, 0) is 80.1 Å². The van der Waals surface area contributed by atoms with Gasteiger partial charge in [0.15, 0.2) is 11.4 Å². The maximum absolute atomic E-state index is 12.9. The van der Waals surface area contributed by atoms with Crippen LogP contribution in [0.5, 0.6) is 0 Å². The number of hydrogen-bond acceptors (Lipinski definition) is 6. The van der Waals surface area contributed by atoms with Crippen molar-refractivity contribution in [3.05, 3.63) is 23.3 Å². The Hall–Kier alpha value is -1.50. The Bertz CT molecular complexity index is 999. The van der Waals surface area contributed by atoms with Crippen molar-refractivity contribution in [3.8, 4) is 0 Å². The van der Waals surface area contributed by atoms with Crippen molar-refractivity contribution in [3.63, 3.8) is 0 Å². The van der Waals surface area contributed by atoms with Crippen molar-refractivity contribution in [2.45, 2.75) is 90.1 Å². The smallest absolute Gasteiger partial charge is 0.336 e. The van der Waals surface area contributed by atoms with E-state index in [9.17, 15) is 19.8 Å². The number of aliphatic hydroxyl groups is 2. The van der Waals surface area contributed by atoms with Gasteiger partial charge in [0, 0.05) is 11.8 Å². The fourth-order valence-electron chi connectivity index (χ4n) is 9.69. The number of epoxide rings is 1. The first kappa shape index (κ1) is 22.9. The molecule has 2 aliphatic heterocycles. The maximum atomic E-state index is 12.9. The first-order valence-corrected chi connectivity index (χ1v) is 13.2. The van der Waals surface area contributed by atoms with Gasteiger partial charge in [-0.2, -0.15) is 0 Å². The Morgan fingerprint density at radius 1 is 1.18 bits per heavy atom. The molecule has 4 fully saturated rings. The highest BCUT2D eigenvalue weighted by Gasteiger charge is 2.80. The van der Waals surface area contributed by atoms with Gasteiger partial charge in [0.25, 0.3) is 0 Å². The summed E-state index contributed by atoms with van der Waals surface area (Å²) in [6, 6.07) is 0. The highest BCUT2D eigenvalue weighted by molar-refractivity contribution is 6.02. The Morgan fingerprint density at radius 3 is 2.65 bits per heavy atom. The molecule has 0 aromatic carbocycles. The molecule has 1 saturated heterocycles. The van der Waals surface area contributed by atoms with Gasteiger partial charge in [0.2, 0.25) is 0 Å². The predicted molar refractivity (Wildman–Crippen MR) is 124 cm³/mol. The zero-order valence-electron chi connectivity index (χ0n) is 20.8. The van der Waals surface area contributed by atoms with Gasteiger partial charge in [0.05, 0.1) is 24.4 Å². The maximum Gasteiger partial charge on any atom is 0.336 e. The number of carbonyl (C=O) groups excluding carboxylic acids is 2. The molecule has 8 unspecified atom stereocenters. The number of cyclic esters (lactones) is 1. The molecule has 11 atom stereocenters. The van der Waals surface area contributed by atoms with E-state index in [0.717, 1.165) is 37.7 Å². The number of carbonyl (C=O) groups is 2. The second-order valence-electron chi connectivity index (χ2n) is 12.6. The second-order valence-corrected chi connectivity index (χ2v) is 12.6. The van der Waals surface area contributed by atoms with Crippen LogP contribution in [0.2, 0.25) is 0 Å². The van der Waals surface area contributed by atoms with Crippen LogP contribution in [-0.4, -0.2) is 52.5 Å². The van der Waals surface area contributed by atoms with Crippen LogP contribution in [0.1, 0.15) is 66.2 Å². The molecule has 2 N–H and O–H groups in total. The molecular formula is C28H38O6. The minimum absolute atomic E-state index is 0.0415. The van der Waals surface area contributed by atoms with Gasteiger partial charge in [-0.3, -0.25) is 4.79 Å². The standard InChI is InChI=1S/C28H38O6/c1-14-11-21(33-25(32)17(14)13-29)15(2)18-5-6-19-16-12-24-28(34-24)23(31)8-7-22(30)27(28,4)20(16)9-10-26(18,19)3/h7-8,15-16,18-22,24,29-30H,5-6,9-13H2,1-4H3/t15-,16?,18?,19?,20?,21?,22?,24?,26+,27-,28?/m0/s1. The van der Waals surface area contributed by atoms with Crippen LogP contribution in [0.15, 0.2) is 23.3 Å². The molecule has 0 radical (unpaired) electrons. The van der Waals surface area contributed by atoms with Crippen molar-refractivity contribution < 1.29 is 29.3 Å². The monoisotopic (exact) mass is 470 g/mol. The first-order valence-electron chi connectivity index (χ1n) is 13.2. The van der Waals surface area contributed by atoms with Crippen LogP contribution in [-0.2, 0) is 19.1 Å². The molecule has 6 aliphatic rings. The van der Waals surface area contributed by atoms with E-state index >= 15 is 0 Å². The summed E-state index contributed by atoms with van der Waals surface area (Å²) in [5.74, 6) is 1.61.